The molecule has 0 atom stereocenters. The lowest BCUT2D eigenvalue weighted by Gasteiger charge is -2.22. The van der Waals surface area contributed by atoms with Gasteiger partial charge in [-0.05, 0) is 85.1 Å². The molecule has 4 nitrogen and oxygen atoms in total. The maximum Gasteiger partial charge on any atom is 0.130 e. The Bertz CT molecular complexity index is 2050. The zero-order chi connectivity index (χ0) is 31.0. The largest absolute Gasteiger partial charge is 0.507 e. The van der Waals surface area contributed by atoms with E-state index in [4.69, 9.17) is 4.74 Å². The lowest BCUT2D eigenvalue weighted by Crippen LogP contribution is -2.14. The van der Waals surface area contributed by atoms with Gasteiger partial charge < -0.3 is 20.1 Å². The first-order valence-corrected chi connectivity index (χ1v) is 15.0. The van der Waals surface area contributed by atoms with Gasteiger partial charge in [-0.1, -0.05) is 100 Å². The summed E-state index contributed by atoms with van der Waals surface area (Å²) in [4.78, 5) is 0. The van der Waals surface area contributed by atoms with Crippen molar-refractivity contribution < 1.29 is 20.1 Å². The Morgan fingerprint density at radius 3 is 1.73 bits per heavy atom. The SMILES string of the molecule is CC1(C)c2ccccc2-c2c1cc(O)c1ccc(CO)cc21.COc1cccc2c3c(cc(O)c12)C(C)(C)c1ccccc1-3. The quantitative estimate of drug-likeness (QED) is 0.191. The second kappa shape index (κ2) is 9.87. The molecule has 0 amide bonds. The number of methoxy groups -OCH3 is 1. The van der Waals surface area contributed by atoms with Gasteiger partial charge in [0.1, 0.15) is 17.2 Å². The molecule has 3 N–H and O–H groups in total. The highest BCUT2D eigenvalue weighted by molar-refractivity contribution is 6.08. The molecule has 0 saturated heterocycles. The van der Waals surface area contributed by atoms with E-state index in [0.29, 0.717) is 11.5 Å². The zero-order valence-corrected chi connectivity index (χ0v) is 25.7. The molecule has 6 aromatic rings. The first kappa shape index (κ1) is 28.0. The average Bonchev–Trinajstić information content (AvgIpc) is 3.40. The predicted octanol–water partition coefficient (Wildman–Crippen LogP) is 9.20. The molecule has 8 rings (SSSR count). The fourth-order valence-electron chi connectivity index (χ4n) is 7.50. The van der Waals surface area contributed by atoms with Gasteiger partial charge in [0.25, 0.3) is 0 Å². The first-order chi connectivity index (χ1) is 21.1. The number of aliphatic hydroxyl groups is 1. The molecule has 6 aromatic carbocycles. The lowest BCUT2D eigenvalue weighted by atomic mass is 9.82. The minimum atomic E-state index is -0.132. The maximum atomic E-state index is 10.6. The third kappa shape index (κ3) is 3.87. The van der Waals surface area contributed by atoms with Crippen molar-refractivity contribution in [1.29, 1.82) is 0 Å². The van der Waals surface area contributed by atoms with E-state index in [-0.39, 0.29) is 23.2 Å². The van der Waals surface area contributed by atoms with Crippen molar-refractivity contribution >= 4 is 21.5 Å². The molecule has 0 fully saturated rings. The van der Waals surface area contributed by atoms with Crippen LogP contribution in [-0.2, 0) is 17.4 Å². The van der Waals surface area contributed by atoms with Crippen molar-refractivity contribution in [3.8, 4) is 39.5 Å². The Hall–Kier alpha value is -4.80. The number of ether oxygens (including phenoxy) is 1. The van der Waals surface area contributed by atoms with Crippen molar-refractivity contribution in [1.82, 2.24) is 0 Å². The Balaban J connectivity index is 0.000000142. The highest BCUT2D eigenvalue weighted by Crippen LogP contribution is 2.55. The summed E-state index contributed by atoms with van der Waals surface area (Å²) in [6, 6.07) is 32.4. The van der Waals surface area contributed by atoms with E-state index in [0.717, 1.165) is 32.7 Å². The molecule has 220 valence electrons. The second-order valence-electron chi connectivity index (χ2n) is 12.9. The van der Waals surface area contributed by atoms with Crippen molar-refractivity contribution in [2.45, 2.75) is 45.1 Å². The van der Waals surface area contributed by atoms with E-state index >= 15 is 0 Å². The van der Waals surface area contributed by atoms with Crippen LogP contribution in [0.2, 0.25) is 0 Å². The van der Waals surface area contributed by atoms with Gasteiger partial charge in [0.15, 0.2) is 0 Å². The molecule has 0 saturated carbocycles. The van der Waals surface area contributed by atoms with E-state index in [1.165, 1.54) is 38.9 Å². The van der Waals surface area contributed by atoms with Gasteiger partial charge in [0.2, 0.25) is 0 Å². The summed E-state index contributed by atoms with van der Waals surface area (Å²) in [6.07, 6.45) is 0. The highest BCUT2D eigenvalue weighted by atomic mass is 16.5. The molecule has 2 aliphatic rings. The van der Waals surface area contributed by atoms with Crippen LogP contribution in [0.15, 0.2) is 97.1 Å². The summed E-state index contributed by atoms with van der Waals surface area (Å²) in [6.45, 7) is 8.81. The number of rotatable bonds is 2. The van der Waals surface area contributed by atoms with E-state index in [1.54, 1.807) is 7.11 Å². The number of fused-ring (bicyclic) bond motifs is 10. The molecule has 0 aliphatic heterocycles. The summed E-state index contributed by atoms with van der Waals surface area (Å²) >= 11 is 0. The van der Waals surface area contributed by atoms with Crippen LogP contribution < -0.4 is 4.74 Å². The number of benzene rings is 6. The highest BCUT2D eigenvalue weighted by Gasteiger charge is 2.38. The summed E-state index contributed by atoms with van der Waals surface area (Å²) in [5, 5.41) is 34.2. The molecule has 0 unspecified atom stereocenters. The van der Waals surface area contributed by atoms with E-state index in [1.807, 2.05) is 42.5 Å². The fraction of sp³-hybridized carbons (Fsp3) is 0.200. The maximum absolute atomic E-state index is 10.6. The van der Waals surface area contributed by atoms with Gasteiger partial charge in [-0.25, -0.2) is 0 Å². The van der Waals surface area contributed by atoms with Crippen LogP contribution >= 0.6 is 0 Å². The number of hydrogen-bond acceptors (Lipinski definition) is 4. The molecule has 0 aromatic heterocycles. The number of phenolic OH excluding ortho intramolecular Hbond substituents is 2. The van der Waals surface area contributed by atoms with Crippen molar-refractivity contribution in [3.05, 3.63) is 125 Å². The van der Waals surface area contributed by atoms with Gasteiger partial charge >= 0.3 is 0 Å². The van der Waals surface area contributed by atoms with Gasteiger partial charge in [-0.15, -0.1) is 0 Å². The molecule has 0 spiro atoms. The van der Waals surface area contributed by atoms with Crippen LogP contribution in [0.1, 0.15) is 55.5 Å². The minimum absolute atomic E-state index is 0.00537. The first-order valence-electron chi connectivity index (χ1n) is 15.0. The third-order valence-corrected chi connectivity index (χ3v) is 9.77. The molecule has 2 aliphatic carbocycles. The topological polar surface area (TPSA) is 69.9 Å². The average molecular weight is 581 g/mol. The molecular weight excluding hydrogens is 544 g/mol. The Labute approximate surface area is 257 Å². The molecule has 0 radical (unpaired) electrons. The molecule has 0 bridgehead atoms. The van der Waals surface area contributed by atoms with Crippen LogP contribution in [0.4, 0.5) is 0 Å². The van der Waals surface area contributed by atoms with E-state index < -0.39 is 0 Å². The van der Waals surface area contributed by atoms with Crippen LogP contribution in [0, 0.1) is 0 Å². The smallest absolute Gasteiger partial charge is 0.130 e. The third-order valence-electron chi connectivity index (χ3n) is 9.77. The van der Waals surface area contributed by atoms with Gasteiger partial charge in [-0.2, -0.15) is 0 Å². The van der Waals surface area contributed by atoms with Crippen LogP contribution in [0.25, 0.3) is 43.8 Å². The minimum Gasteiger partial charge on any atom is -0.507 e. The summed E-state index contributed by atoms with van der Waals surface area (Å²) < 4.78 is 5.45. The zero-order valence-electron chi connectivity index (χ0n) is 25.7. The predicted molar refractivity (Wildman–Crippen MR) is 179 cm³/mol. The van der Waals surface area contributed by atoms with Crippen molar-refractivity contribution in [2.24, 2.45) is 0 Å². The number of phenols is 2. The van der Waals surface area contributed by atoms with E-state index in [9.17, 15) is 15.3 Å². The summed E-state index contributed by atoms with van der Waals surface area (Å²) in [5.41, 5.74) is 10.4. The number of aliphatic hydroxyl groups excluding tert-OH is 1. The fourth-order valence-corrected chi connectivity index (χ4v) is 7.50. The Morgan fingerprint density at radius 1 is 0.568 bits per heavy atom. The summed E-state index contributed by atoms with van der Waals surface area (Å²) in [5.74, 6) is 1.30. The lowest BCUT2D eigenvalue weighted by molar-refractivity contribution is 0.282. The van der Waals surface area contributed by atoms with Crippen LogP contribution in [-0.4, -0.2) is 22.4 Å². The van der Waals surface area contributed by atoms with Crippen LogP contribution in [0.3, 0.4) is 0 Å². The molecule has 0 heterocycles. The van der Waals surface area contributed by atoms with E-state index in [2.05, 4.69) is 82.3 Å². The van der Waals surface area contributed by atoms with Gasteiger partial charge in [0, 0.05) is 16.2 Å². The standard InChI is InChI=1S/2C20H18O2/c1-20(2)14-9-5-4-7-12(14)18-13-8-6-10-17(22-3)19(13)16(21)11-15(18)20;1-20(2)16-6-4-3-5-14(16)19-15-9-12(11-21)7-8-13(15)18(22)10-17(19)20/h4-11,21H,1-3H3;3-10,21-22H,11H2,1-2H3. The second-order valence-corrected chi connectivity index (χ2v) is 12.9. The Kier molecular flexibility index (Phi) is 6.28. The van der Waals surface area contributed by atoms with Gasteiger partial charge in [-0.3, -0.25) is 0 Å². The van der Waals surface area contributed by atoms with Gasteiger partial charge in [0.05, 0.1) is 19.1 Å². The van der Waals surface area contributed by atoms with Crippen LogP contribution in [0.5, 0.6) is 17.2 Å². The molecule has 44 heavy (non-hydrogen) atoms. The van der Waals surface area contributed by atoms with Crippen molar-refractivity contribution in [3.63, 3.8) is 0 Å². The molecular formula is C40H36O4. The number of hydrogen-bond donors (Lipinski definition) is 3. The monoisotopic (exact) mass is 580 g/mol. The molecule has 4 heteroatoms. The normalized spacial score (nSPS) is 14.8. The Morgan fingerprint density at radius 2 is 1.14 bits per heavy atom. The van der Waals surface area contributed by atoms with Crippen molar-refractivity contribution in [2.75, 3.05) is 7.11 Å². The summed E-state index contributed by atoms with van der Waals surface area (Å²) in [7, 11) is 1.64. The number of aromatic hydroxyl groups is 2.